The lowest BCUT2D eigenvalue weighted by molar-refractivity contribution is -0.139. The molecule has 0 radical (unpaired) electrons. The summed E-state index contributed by atoms with van der Waals surface area (Å²) in [6, 6.07) is 14.5. The minimum atomic E-state index is -0.581. The van der Waals surface area contributed by atoms with Crippen LogP contribution in [-0.4, -0.2) is 37.6 Å². The molecule has 1 atom stereocenters. The maximum absolute atomic E-state index is 13.3. The molecular weight excluding hydrogens is 420 g/mol. The second-order valence-corrected chi connectivity index (χ2v) is 7.50. The van der Waals surface area contributed by atoms with Gasteiger partial charge in [0.05, 0.1) is 38.0 Å². The first-order valence-electron chi connectivity index (χ1n) is 10.4. The summed E-state index contributed by atoms with van der Waals surface area (Å²) in [4.78, 5) is 28.0. The van der Waals surface area contributed by atoms with E-state index in [9.17, 15) is 14.9 Å². The number of nitrogens with zero attached hydrogens (tertiary/aromatic N) is 2. The van der Waals surface area contributed by atoms with Crippen molar-refractivity contribution in [1.82, 2.24) is 4.90 Å². The van der Waals surface area contributed by atoms with Gasteiger partial charge >= 0.3 is 5.97 Å². The summed E-state index contributed by atoms with van der Waals surface area (Å²) in [5, 5.41) is 9.44. The molecule has 0 saturated heterocycles. The number of ether oxygens (including phenoxy) is 3. The van der Waals surface area contributed by atoms with E-state index in [1.807, 2.05) is 6.07 Å². The van der Waals surface area contributed by atoms with Gasteiger partial charge in [0.25, 0.3) is 0 Å². The molecule has 2 aromatic carbocycles. The SMILES string of the molecule is C=CCOC(=O)C1=C(C)N(Cc2ccccc2C#N)C(=O)CC1c1cc(OC)ccc1OC. The molecule has 0 aliphatic carbocycles. The number of nitriles is 1. The molecule has 3 rings (SSSR count). The Morgan fingerprint density at radius 3 is 2.67 bits per heavy atom. The van der Waals surface area contributed by atoms with Crippen LogP contribution in [0, 0.1) is 11.3 Å². The third-order valence-corrected chi connectivity index (χ3v) is 5.65. The number of hydrogen-bond acceptors (Lipinski definition) is 6. The van der Waals surface area contributed by atoms with Crippen molar-refractivity contribution >= 4 is 11.9 Å². The predicted molar refractivity (Wildman–Crippen MR) is 122 cm³/mol. The lowest BCUT2D eigenvalue weighted by Crippen LogP contribution is -2.38. The molecule has 0 saturated carbocycles. The fourth-order valence-electron chi connectivity index (χ4n) is 4.00. The standard InChI is InChI=1S/C26H26N2O5/c1-5-12-33-26(30)25-17(2)28(16-19-9-7-6-8-18(19)15-27)24(29)14-22(25)21-13-20(31-3)10-11-23(21)32-4/h5-11,13,22H,1,12,14,16H2,2-4H3. The molecule has 7 nitrogen and oxygen atoms in total. The van der Waals surface area contributed by atoms with Gasteiger partial charge in [-0.1, -0.05) is 30.9 Å². The lowest BCUT2D eigenvalue weighted by atomic mass is 9.83. The molecule has 0 fully saturated rings. The van der Waals surface area contributed by atoms with E-state index in [0.717, 1.165) is 0 Å². The zero-order valence-corrected chi connectivity index (χ0v) is 19.0. The van der Waals surface area contributed by atoms with E-state index in [4.69, 9.17) is 14.2 Å². The lowest BCUT2D eigenvalue weighted by Gasteiger charge is -2.35. The third-order valence-electron chi connectivity index (χ3n) is 5.65. The van der Waals surface area contributed by atoms with Crippen LogP contribution < -0.4 is 9.47 Å². The zero-order valence-electron chi connectivity index (χ0n) is 19.0. The van der Waals surface area contributed by atoms with Gasteiger partial charge in [-0.25, -0.2) is 4.79 Å². The first kappa shape index (κ1) is 23.6. The second-order valence-electron chi connectivity index (χ2n) is 7.50. The van der Waals surface area contributed by atoms with Gasteiger partial charge in [-0.3, -0.25) is 4.79 Å². The monoisotopic (exact) mass is 446 g/mol. The smallest absolute Gasteiger partial charge is 0.336 e. The Kier molecular flexibility index (Phi) is 7.52. The molecule has 1 heterocycles. The van der Waals surface area contributed by atoms with Crippen molar-refractivity contribution in [1.29, 1.82) is 5.26 Å². The summed E-state index contributed by atoms with van der Waals surface area (Å²) >= 11 is 0. The normalized spacial score (nSPS) is 15.6. The number of benzene rings is 2. The summed E-state index contributed by atoms with van der Waals surface area (Å²) in [6.45, 7) is 5.54. The van der Waals surface area contributed by atoms with Gasteiger partial charge < -0.3 is 19.1 Å². The van der Waals surface area contributed by atoms with Crippen molar-refractivity contribution in [3.8, 4) is 17.6 Å². The number of rotatable bonds is 8. The van der Waals surface area contributed by atoms with Crippen molar-refractivity contribution in [3.63, 3.8) is 0 Å². The molecule has 0 N–H and O–H groups in total. The summed E-state index contributed by atoms with van der Waals surface area (Å²) in [5.74, 6) is -0.162. The number of amides is 1. The van der Waals surface area contributed by atoms with Crippen LogP contribution in [0.5, 0.6) is 11.5 Å². The number of carbonyl (C=O) groups excluding carboxylic acids is 2. The zero-order chi connectivity index (χ0) is 24.0. The van der Waals surface area contributed by atoms with Crippen molar-refractivity contribution in [3.05, 3.63) is 83.1 Å². The van der Waals surface area contributed by atoms with Gasteiger partial charge in [-0.2, -0.15) is 5.26 Å². The average Bonchev–Trinajstić information content (AvgIpc) is 2.84. The van der Waals surface area contributed by atoms with E-state index in [2.05, 4.69) is 12.6 Å². The topological polar surface area (TPSA) is 88.9 Å². The highest BCUT2D eigenvalue weighted by Gasteiger charge is 2.38. The summed E-state index contributed by atoms with van der Waals surface area (Å²) in [6.07, 6.45) is 1.53. The van der Waals surface area contributed by atoms with Gasteiger partial charge in [0.1, 0.15) is 18.1 Å². The Bertz CT molecular complexity index is 1150. The van der Waals surface area contributed by atoms with E-state index in [1.54, 1.807) is 50.4 Å². The van der Waals surface area contributed by atoms with Crippen LogP contribution in [0.3, 0.4) is 0 Å². The molecule has 1 aliphatic rings. The summed E-state index contributed by atoms with van der Waals surface area (Å²) in [5.41, 5.74) is 2.67. The molecular formula is C26H26N2O5. The van der Waals surface area contributed by atoms with Crippen molar-refractivity contribution in [2.24, 2.45) is 0 Å². The van der Waals surface area contributed by atoms with E-state index in [0.29, 0.717) is 39.5 Å². The molecule has 2 aromatic rings. The van der Waals surface area contributed by atoms with Crippen molar-refractivity contribution < 1.29 is 23.8 Å². The second kappa shape index (κ2) is 10.5. The van der Waals surface area contributed by atoms with E-state index in [-0.39, 0.29) is 25.5 Å². The van der Waals surface area contributed by atoms with Gasteiger partial charge in [0.2, 0.25) is 5.91 Å². The molecule has 1 amide bonds. The minimum absolute atomic E-state index is 0.0358. The van der Waals surface area contributed by atoms with Crippen molar-refractivity contribution in [2.75, 3.05) is 20.8 Å². The van der Waals surface area contributed by atoms with Crippen LogP contribution in [-0.2, 0) is 20.9 Å². The van der Waals surface area contributed by atoms with Gasteiger partial charge in [0, 0.05) is 23.6 Å². The first-order valence-corrected chi connectivity index (χ1v) is 10.4. The average molecular weight is 447 g/mol. The molecule has 0 bridgehead atoms. The quantitative estimate of drug-likeness (QED) is 0.448. The minimum Gasteiger partial charge on any atom is -0.497 e. The van der Waals surface area contributed by atoms with E-state index in [1.165, 1.54) is 18.1 Å². The maximum Gasteiger partial charge on any atom is 0.336 e. The van der Waals surface area contributed by atoms with E-state index >= 15 is 0 Å². The molecule has 0 spiro atoms. The van der Waals surface area contributed by atoms with Crippen LogP contribution >= 0.6 is 0 Å². The molecule has 7 heteroatoms. The number of allylic oxidation sites excluding steroid dienone is 1. The Morgan fingerprint density at radius 2 is 2.00 bits per heavy atom. The first-order chi connectivity index (χ1) is 15.9. The number of hydrogen-bond donors (Lipinski definition) is 0. The fourth-order valence-corrected chi connectivity index (χ4v) is 4.00. The third kappa shape index (κ3) is 4.90. The van der Waals surface area contributed by atoms with Gasteiger partial charge in [-0.05, 0) is 36.8 Å². The maximum atomic E-state index is 13.3. The summed E-state index contributed by atoms with van der Waals surface area (Å²) in [7, 11) is 3.08. The van der Waals surface area contributed by atoms with Gasteiger partial charge in [-0.15, -0.1) is 0 Å². The van der Waals surface area contributed by atoms with Crippen LogP contribution in [0.1, 0.15) is 36.0 Å². The van der Waals surface area contributed by atoms with Crippen molar-refractivity contribution in [2.45, 2.75) is 25.8 Å². The van der Waals surface area contributed by atoms with Crippen LogP contribution in [0.4, 0.5) is 0 Å². The molecule has 1 unspecified atom stereocenters. The number of esters is 1. The highest BCUT2D eigenvalue weighted by molar-refractivity contribution is 5.96. The largest absolute Gasteiger partial charge is 0.497 e. The van der Waals surface area contributed by atoms with Crippen LogP contribution in [0.2, 0.25) is 0 Å². The Morgan fingerprint density at radius 1 is 1.24 bits per heavy atom. The highest BCUT2D eigenvalue weighted by atomic mass is 16.5. The molecule has 33 heavy (non-hydrogen) atoms. The molecule has 0 aromatic heterocycles. The van der Waals surface area contributed by atoms with Gasteiger partial charge in [0.15, 0.2) is 0 Å². The van der Waals surface area contributed by atoms with E-state index < -0.39 is 11.9 Å². The summed E-state index contributed by atoms with van der Waals surface area (Å²) < 4.78 is 16.3. The molecule has 1 aliphatic heterocycles. The Labute approximate surface area is 193 Å². The van der Waals surface area contributed by atoms with Crippen LogP contribution in [0.25, 0.3) is 0 Å². The predicted octanol–water partition coefficient (Wildman–Crippen LogP) is 4.09. The number of carbonyl (C=O) groups is 2. The number of methoxy groups -OCH3 is 2. The highest BCUT2D eigenvalue weighted by Crippen LogP contribution is 2.42. The Hall–Kier alpha value is -4.05. The Balaban J connectivity index is 2.13. The van der Waals surface area contributed by atoms with Crippen LogP contribution in [0.15, 0.2) is 66.4 Å². The molecule has 170 valence electrons. The fraction of sp³-hybridized carbons (Fsp3) is 0.269.